The summed E-state index contributed by atoms with van der Waals surface area (Å²) in [6, 6.07) is 9.47. The molecule has 4 aliphatic rings. The first-order chi connectivity index (χ1) is 19.5. The number of phenols is 1. The van der Waals surface area contributed by atoms with Crippen LogP contribution in [0.1, 0.15) is 48.5 Å². The summed E-state index contributed by atoms with van der Waals surface area (Å²) in [5.41, 5.74) is 3.11. The molecule has 0 radical (unpaired) electrons. The highest BCUT2D eigenvalue weighted by molar-refractivity contribution is 6.32. The maximum Gasteiger partial charge on any atom is 0.238 e. The van der Waals surface area contributed by atoms with Crippen LogP contribution in [0.4, 0.5) is 5.69 Å². The van der Waals surface area contributed by atoms with Crippen LogP contribution in [0.15, 0.2) is 70.8 Å². The number of benzene rings is 2. The molecule has 0 bridgehead atoms. The van der Waals surface area contributed by atoms with E-state index < -0.39 is 23.7 Å². The van der Waals surface area contributed by atoms with E-state index in [0.29, 0.717) is 33.5 Å². The minimum absolute atomic E-state index is 0.0204. The molecule has 0 aromatic heterocycles. The van der Waals surface area contributed by atoms with Crippen LogP contribution < -0.4 is 9.64 Å². The molecule has 3 aliphatic carbocycles. The van der Waals surface area contributed by atoms with Gasteiger partial charge in [0.15, 0.2) is 28.8 Å². The van der Waals surface area contributed by atoms with E-state index in [-0.39, 0.29) is 58.5 Å². The van der Waals surface area contributed by atoms with Gasteiger partial charge in [0.2, 0.25) is 11.8 Å². The van der Waals surface area contributed by atoms with E-state index in [1.807, 2.05) is 6.08 Å². The number of allylic oxidation sites excluding steroid dienone is 6. The van der Waals surface area contributed by atoms with Crippen LogP contribution in [0.25, 0.3) is 0 Å². The van der Waals surface area contributed by atoms with Crippen molar-refractivity contribution < 1.29 is 33.8 Å². The highest BCUT2D eigenvalue weighted by Gasteiger charge is 2.56. The number of phenolic OH excluding ortho intramolecular Hbond substituents is 1. The molecule has 8 nitrogen and oxygen atoms in total. The summed E-state index contributed by atoms with van der Waals surface area (Å²) in [6.07, 6.45) is 3.66. The largest absolute Gasteiger partial charge is 0.503 e. The molecule has 0 saturated carbocycles. The highest BCUT2D eigenvalue weighted by Crippen LogP contribution is 2.56. The normalized spacial score (nSPS) is 25.4. The van der Waals surface area contributed by atoms with Crippen molar-refractivity contribution in [1.29, 1.82) is 0 Å². The van der Waals surface area contributed by atoms with E-state index in [1.54, 1.807) is 43.3 Å². The average Bonchev–Trinajstić information content (AvgIpc) is 3.21. The number of rotatable bonds is 4. The molecule has 4 atom stereocenters. The zero-order valence-electron chi connectivity index (χ0n) is 22.6. The van der Waals surface area contributed by atoms with E-state index in [1.165, 1.54) is 25.0 Å². The number of methoxy groups -OCH3 is 1. The molecule has 1 N–H and O–H groups in total. The molecule has 2 aromatic carbocycles. The Morgan fingerprint density at radius 3 is 2.41 bits per heavy atom. The first kappa shape index (κ1) is 26.9. The number of halogens is 1. The van der Waals surface area contributed by atoms with E-state index in [2.05, 4.69) is 0 Å². The van der Waals surface area contributed by atoms with E-state index in [9.17, 15) is 29.1 Å². The Morgan fingerprint density at radius 2 is 1.76 bits per heavy atom. The number of Topliss-reactive ketones (excluding diaryl/α,β-unsaturated/α-hetero) is 2. The smallest absolute Gasteiger partial charge is 0.238 e. The minimum Gasteiger partial charge on any atom is -0.503 e. The number of anilines is 1. The maximum atomic E-state index is 14.0. The second-order valence-electron chi connectivity index (χ2n) is 10.9. The molecule has 0 spiro atoms. The summed E-state index contributed by atoms with van der Waals surface area (Å²) in [7, 11) is 1.39. The number of ether oxygens (including phenoxy) is 1. The van der Waals surface area contributed by atoms with Crippen molar-refractivity contribution in [2.24, 2.45) is 17.8 Å². The number of carbonyl (C=O) groups is 5. The van der Waals surface area contributed by atoms with Crippen LogP contribution in [0.3, 0.4) is 0 Å². The van der Waals surface area contributed by atoms with Crippen LogP contribution in [-0.4, -0.2) is 41.4 Å². The number of hydrogen-bond donors (Lipinski definition) is 1. The van der Waals surface area contributed by atoms with Crippen molar-refractivity contribution in [2.75, 3.05) is 12.0 Å². The zero-order chi connectivity index (χ0) is 29.3. The van der Waals surface area contributed by atoms with E-state index >= 15 is 0 Å². The Hall–Kier alpha value is -4.30. The Balaban J connectivity index is 1.48. The van der Waals surface area contributed by atoms with Gasteiger partial charge in [-0.25, -0.2) is 0 Å². The first-order valence-electron chi connectivity index (χ1n) is 13.3. The quantitative estimate of drug-likeness (QED) is 0.240. The van der Waals surface area contributed by atoms with E-state index in [4.69, 9.17) is 16.3 Å². The lowest BCUT2D eigenvalue weighted by Gasteiger charge is -2.42. The number of carbonyl (C=O) groups excluding carboxylic acids is 5. The third kappa shape index (κ3) is 4.00. The molecule has 41 heavy (non-hydrogen) atoms. The van der Waals surface area contributed by atoms with Crippen LogP contribution in [0, 0.1) is 17.8 Å². The van der Waals surface area contributed by atoms with Crippen LogP contribution in [-0.2, 0) is 19.2 Å². The Labute approximate surface area is 240 Å². The molecule has 1 aliphatic heterocycles. The summed E-state index contributed by atoms with van der Waals surface area (Å²) >= 11 is 6.35. The van der Waals surface area contributed by atoms with Gasteiger partial charge < -0.3 is 9.84 Å². The summed E-state index contributed by atoms with van der Waals surface area (Å²) in [6.45, 7) is 3.04. The van der Waals surface area contributed by atoms with Gasteiger partial charge in [-0.05, 0) is 80.6 Å². The summed E-state index contributed by atoms with van der Waals surface area (Å²) < 4.78 is 5.33. The third-order valence-electron chi connectivity index (χ3n) is 8.70. The minimum atomic E-state index is -0.740. The molecule has 0 unspecified atom stereocenters. The maximum absolute atomic E-state index is 14.0. The predicted molar refractivity (Wildman–Crippen MR) is 150 cm³/mol. The third-order valence-corrected chi connectivity index (χ3v) is 8.99. The summed E-state index contributed by atoms with van der Waals surface area (Å²) in [4.78, 5) is 67.4. The predicted octanol–water partition coefficient (Wildman–Crippen LogP) is 4.89. The van der Waals surface area contributed by atoms with Crippen LogP contribution >= 0.6 is 11.6 Å². The van der Waals surface area contributed by atoms with Gasteiger partial charge >= 0.3 is 0 Å². The Morgan fingerprint density at radius 1 is 1.05 bits per heavy atom. The molecule has 208 valence electrons. The molecule has 9 heteroatoms. The second kappa shape index (κ2) is 9.66. The topological polar surface area (TPSA) is 118 Å². The van der Waals surface area contributed by atoms with Gasteiger partial charge in [0.25, 0.3) is 0 Å². The lowest BCUT2D eigenvalue weighted by Crippen LogP contribution is -2.39. The lowest BCUT2D eigenvalue weighted by molar-refractivity contribution is -0.123. The second-order valence-corrected chi connectivity index (χ2v) is 11.3. The summed E-state index contributed by atoms with van der Waals surface area (Å²) in [5, 5.41) is 10.4. The molecule has 2 amide bonds. The molecule has 6 rings (SSSR count). The number of fused-ring (bicyclic) bond motifs is 3. The van der Waals surface area contributed by atoms with Gasteiger partial charge in [0.05, 0.1) is 29.7 Å². The van der Waals surface area contributed by atoms with Gasteiger partial charge in [-0.15, -0.1) is 0 Å². The number of ketones is 3. The Kier molecular flexibility index (Phi) is 6.34. The van der Waals surface area contributed by atoms with Crippen molar-refractivity contribution in [3.8, 4) is 11.5 Å². The standard InChI is InChI=1S/C32H26ClNO7/c1-14-10-24(36)22-13-21-19(26(28(22)29(14)37)17-11-23(33)30(38)25(12-17)41-3)8-9-20-27(21)32(40)34(31(20)39)18-6-4-16(5-7-18)15(2)35/h4-8,10-12,20-21,26-27,38H,9,13H2,1-3H3/t20-,21+,26-,27-/m0/s1. The van der Waals surface area contributed by atoms with Gasteiger partial charge in [0.1, 0.15) is 0 Å². The number of nitrogens with zero attached hydrogens (tertiary/aromatic N) is 1. The highest BCUT2D eigenvalue weighted by atomic mass is 35.5. The SMILES string of the molecule is COc1cc([C@H]2C3=CC[C@@H]4C(=O)N(c5ccc(C(C)=O)cc5)C(=O)[C@@H]4[C@@H]3CC3=C2C(=O)C(C)=CC3=O)cc(Cl)c1O. The fourth-order valence-corrected chi connectivity index (χ4v) is 6.98. The van der Waals surface area contributed by atoms with Gasteiger partial charge in [-0.3, -0.25) is 28.9 Å². The van der Waals surface area contributed by atoms with Crippen molar-refractivity contribution in [3.05, 3.63) is 87.0 Å². The zero-order valence-corrected chi connectivity index (χ0v) is 23.3. The van der Waals surface area contributed by atoms with Crippen molar-refractivity contribution in [2.45, 2.75) is 32.6 Å². The molecular formula is C32H26ClNO7. The summed E-state index contributed by atoms with van der Waals surface area (Å²) in [5.74, 6) is -4.15. The van der Waals surface area contributed by atoms with Crippen molar-refractivity contribution in [3.63, 3.8) is 0 Å². The van der Waals surface area contributed by atoms with E-state index in [0.717, 1.165) is 5.57 Å². The monoisotopic (exact) mass is 571 g/mol. The molecular weight excluding hydrogens is 546 g/mol. The molecule has 2 aromatic rings. The van der Waals surface area contributed by atoms with Crippen molar-refractivity contribution in [1.82, 2.24) is 0 Å². The van der Waals surface area contributed by atoms with Gasteiger partial charge in [-0.1, -0.05) is 23.3 Å². The first-order valence-corrected chi connectivity index (χ1v) is 13.7. The fourth-order valence-electron chi connectivity index (χ4n) is 6.76. The molecule has 1 saturated heterocycles. The number of imide groups is 1. The van der Waals surface area contributed by atoms with Crippen LogP contribution in [0.2, 0.25) is 5.02 Å². The van der Waals surface area contributed by atoms with Crippen molar-refractivity contribution >= 4 is 46.5 Å². The Bertz CT molecular complexity index is 1680. The van der Waals surface area contributed by atoms with Gasteiger partial charge in [0, 0.05) is 28.2 Å². The molecule has 1 heterocycles. The van der Waals surface area contributed by atoms with Crippen LogP contribution in [0.5, 0.6) is 11.5 Å². The number of amides is 2. The number of hydrogen-bond acceptors (Lipinski definition) is 7. The molecule has 1 fully saturated rings. The lowest BCUT2D eigenvalue weighted by atomic mass is 9.59. The number of aromatic hydroxyl groups is 1. The average molecular weight is 572 g/mol. The fraction of sp³-hybridized carbons (Fsp3) is 0.281. The van der Waals surface area contributed by atoms with Gasteiger partial charge in [-0.2, -0.15) is 0 Å².